The number of nitrogens with zero attached hydrogens (tertiary/aromatic N) is 2. The first-order valence-electron chi connectivity index (χ1n) is 6.27. The lowest BCUT2D eigenvalue weighted by Gasteiger charge is -2.12. The Labute approximate surface area is 122 Å². The van der Waals surface area contributed by atoms with Crippen LogP contribution in [0.15, 0.2) is 35.1 Å². The third-order valence-corrected chi connectivity index (χ3v) is 3.04. The number of ether oxygens (including phenoxy) is 1. The first-order valence-corrected chi connectivity index (χ1v) is 7.07. The minimum Gasteiger partial charge on any atom is -0.493 e. The van der Waals surface area contributed by atoms with E-state index in [2.05, 4.69) is 45.8 Å². The summed E-state index contributed by atoms with van der Waals surface area (Å²) < 4.78 is 6.64. The molecular formula is C15H17BrN2O. The summed E-state index contributed by atoms with van der Waals surface area (Å²) >= 11 is 3.33. The van der Waals surface area contributed by atoms with Crippen molar-refractivity contribution in [2.24, 2.45) is 5.92 Å². The van der Waals surface area contributed by atoms with E-state index in [-0.39, 0.29) is 0 Å². The summed E-state index contributed by atoms with van der Waals surface area (Å²) in [4.78, 5) is 8.59. The SMILES string of the molecule is Cc1cc(-c2ncc(Br)cn2)ccc1OCC(C)C. The molecule has 0 aliphatic carbocycles. The first kappa shape index (κ1) is 14.0. The maximum Gasteiger partial charge on any atom is 0.159 e. The molecule has 2 rings (SSSR count). The average molecular weight is 321 g/mol. The third-order valence-electron chi connectivity index (χ3n) is 2.63. The molecule has 1 heterocycles. The summed E-state index contributed by atoms with van der Waals surface area (Å²) in [5.41, 5.74) is 2.10. The molecule has 0 unspecified atom stereocenters. The molecule has 3 nitrogen and oxygen atoms in total. The van der Waals surface area contributed by atoms with Gasteiger partial charge < -0.3 is 4.74 Å². The van der Waals surface area contributed by atoms with E-state index in [9.17, 15) is 0 Å². The Balaban J connectivity index is 2.21. The van der Waals surface area contributed by atoms with Crippen molar-refractivity contribution in [3.05, 3.63) is 40.6 Å². The lowest BCUT2D eigenvalue weighted by molar-refractivity contribution is 0.269. The van der Waals surface area contributed by atoms with Crippen molar-refractivity contribution in [1.29, 1.82) is 0 Å². The van der Waals surface area contributed by atoms with Gasteiger partial charge in [-0.25, -0.2) is 9.97 Å². The van der Waals surface area contributed by atoms with Gasteiger partial charge in [0.25, 0.3) is 0 Å². The Kier molecular flexibility index (Phi) is 4.53. The average Bonchev–Trinajstić information content (AvgIpc) is 2.38. The van der Waals surface area contributed by atoms with E-state index >= 15 is 0 Å². The highest BCUT2D eigenvalue weighted by Gasteiger charge is 2.06. The first-order chi connectivity index (χ1) is 9.06. The van der Waals surface area contributed by atoms with Gasteiger partial charge in [0, 0.05) is 18.0 Å². The van der Waals surface area contributed by atoms with E-state index in [4.69, 9.17) is 4.74 Å². The second kappa shape index (κ2) is 6.15. The molecule has 0 saturated heterocycles. The van der Waals surface area contributed by atoms with Gasteiger partial charge >= 0.3 is 0 Å². The number of hydrogen-bond donors (Lipinski definition) is 0. The van der Waals surface area contributed by atoms with E-state index in [0.29, 0.717) is 5.92 Å². The van der Waals surface area contributed by atoms with E-state index in [1.165, 1.54) is 0 Å². The van der Waals surface area contributed by atoms with Crippen LogP contribution in [0.1, 0.15) is 19.4 Å². The molecule has 0 bridgehead atoms. The van der Waals surface area contributed by atoms with Crippen molar-refractivity contribution in [2.75, 3.05) is 6.61 Å². The van der Waals surface area contributed by atoms with E-state index in [1.54, 1.807) is 12.4 Å². The highest BCUT2D eigenvalue weighted by atomic mass is 79.9. The summed E-state index contributed by atoms with van der Waals surface area (Å²) in [6.45, 7) is 7.05. The van der Waals surface area contributed by atoms with Crippen molar-refractivity contribution in [1.82, 2.24) is 9.97 Å². The van der Waals surface area contributed by atoms with Gasteiger partial charge in [0.2, 0.25) is 0 Å². The van der Waals surface area contributed by atoms with Crippen LogP contribution in [0.5, 0.6) is 5.75 Å². The van der Waals surface area contributed by atoms with Crippen LogP contribution >= 0.6 is 15.9 Å². The highest BCUT2D eigenvalue weighted by molar-refractivity contribution is 9.10. The summed E-state index contributed by atoms with van der Waals surface area (Å²) in [5.74, 6) is 2.17. The van der Waals surface area contributed by atoms with Crippen LogP contribution < -0.4 is 4.74 Å². The lowest BCUT2D eigenvalue weighted by atomic mass is 10.1. The Morgan fingerprint density at radius 1 is 1.21 bits per heavy atom. The van der Waals surface area contributed by atoms with Crippen molar-refractivity contribution in [3.63, 3.8) is 0 Å². The normalized spacial score (nSPS) is 10.8. The van der Waals surface area contributed by atoms with Gasteiger partial charge in [-0.1, -0.05) is 13.8 Å². The van der Waals surface area contributed by atoms with Crippen molar-refractivity contribution < 1.29 is 4.74 Å². The van der Waals surface area contributed by atoms with Gasteiger partial charge in [-0.2, -0.15) is 0 Å². The molecule has 0 fully saturated rings. The molecular weight excluding hydrogens is 304 g/mol. The van der Waals surface area contributed by atoms with E-state index in [1.807, 2.05) is 19.1 Å². The molecule has 0 spiro atoms. The lowest BCUT2D eigenvalue weighted by Crippen LogP contribution is -2.05. The summed E-state index contributed by atoms with van der Waals surface area (Å²) in [5, 5.41) is 0. The Bertz CT molecular complexity index is 553. The standard InChI is InChI=1S/C15H17BrN2O/c1-10(2)9-19-14-5-4-12(6-11(14)3)15-17-7-13(16)8-18-15/h4-8,10H,9H2,1-3H3. The van der Waals surface area contributed by atoms with Crippen LogP contribution in [-0.2, 0) is 0 Å². The molecule has 0 aliphatic rings. The molecule has 100 valence electrons. The van der Waals surface area contributed by atoms with Crippen LogP contribution in [0, 0.1) is 12.8 Å². The molecule has 0 N–H and O–H groups in total. The minimum atomic E-state index is 0.522. The van der Waals surface area contributed by atoms with E-state index in [0.717, 1.165) is 33.8 Å². The van der Waals surface area contributed by atoms with Crippen LogP contribution in [0.2, 0.25) is 0 Å². The number of aromatic nitrogens is 2. The Morgan fingerprint density at radius 3 is 2.47 bits per heavy atom. The number of rotatable bonds is 4. The number of halogens is 1. The van der Waals surface area contributed by atoms with Crippen LogP contribution in [0.3, 0.4) is 0 Å². The fourth-order valence-corrected chi connectivity index (χ4v) is 1.87. The second-order valence-corrected chi connectivity index (χ2v) is 5.83. The number of aryl methyl sites for hydroxylation is 1. The largest absolute Gasteiger partial charge is 0.493 e. The zero-order valence-electron chi connectivity index (χ0n) is 11.4. The van der Waals surface area contributed by atoms with Gasteiger partial charge in [-0.3, -0.25) is 0 Å². The minimum absolute atomic E-state index is 0.522. The topological polar surface area (TPSA) is 35.0 Å². The zero-order chi connectivity index (χ0) is 13.8. The van der Waals surface area contributed by atoms with Crippen molar-refractivity contribution in [3.8, 4) is 17.1 Å². The fraction of sp³-hybridized carbons (Fsp3) is 0.333. The number of benzene rings is 1. The van der Waals surface area contributed by atoms with Crippen molar-refractivity contribution in [2.45, 2.75) is 20.8 Å². The van der Waals surface area contributed by atoms with Gasteiger partial charge in [0.1, 0.15) is 5.75 Å². The molecule has 0 aliphatic heterocycles. The predicted octanol–water partition coefficient (Wildman–Crippen LogP) is 4.25. The monoisotopic (exact) mass is 320 g/mol. The fourth-order valence-electron chi connectivity index (χ4n) is 1.67. The van der Waals surface area contributed by atoms with Crippen LogP contribution in [0.25, 0.3) is 11.4 Å². The van der Waals surface area contributed by atoms with Crippen LogP contribution in [-0.4, -0.2) is 16.6 Å². The predicted molar refractivity (Wildman–Crippen MR) is 80.2 cm³/mol. The van der Waals surface area contributed by atoms with Gasteiger partial charge in [0.05, 0.1) is 11.1 Å². The maximum atomic E-state index is 5.76. The summed E-state index contributed by atoms with van der Waals surface area (Å²) in [6.07, 6.45) is 3.50. The quantitative estimate of drug-likeness (QED) is 0.844. The van der Waals surface area contributed by atoms with Gasteiger partial charge in [0.15, 0.2) is 5.82 Å². The van der Waals surface area contributed by atoms with E-state index < -0.39 is 0 Å². The molecule has 0 radical (unpaired) electrons. The molecule has 4 heteroatoms. The highest BCUT2D eigenvalue weighted by Crippen LogP contribution is 2.24. The smallest absolute Gasteiger partial charge is 0.159 e. The Hall–Kier alpha value is -1.42. The molecule has 0 saturated carbocycles. The zero-order valence-corrected chi connectivity index (χ0v) is 12.9. The summed E-state index contributed by atoms with van der Waals surface area (Å²) in [6, 6.07) is 6.03. The molecule has 0 amide bonds. The van der Waals surface area contributed by atoms with Crippen molar-refractivity contribution >= 4 is 15.9 Å². The molecule has 1 aromatic carbocycles. The molecule has 1 aromatic heterocycles. The maximum absolute atomic E-state index is 5.76. The second-order valence-electron chi connectivity index (χ2n) is 4.91. The Morgan fingerprint density at radius 2 is 1.89 bits per heavy atom. The third kappa shape index (κ3) is 3.77. The summed E-state index contributed by atoms with van der Waals surface area (Å²) in [7, 11) is 0. The molecule has 19 heavy (non-hydrogen) atoms. The van der Waals surface area contributed by atoms with Gasteiger partial charge in [-0.15, -0.1) is 0 Å². The number of hydrogen-bond acceptors (Lipinski definition) is 3. The molecule has 2 aromatic rings. The molecule has 0 atom stereocenters. The van der Waals surface area contributed by atoms with Crippen LogP contribution in [0.4, 0.5) is 0 Å². The van der Waals surface area contributed by atoms with Gasteiger partial charge in [-0.05, 0) is 52.5 Å².